The van der Waals surface area contributed by atoms with Crippen molar-refractivity contribution in [3.05, 3.63) is 41.0 Å². The molecule has 0 radical (unpaired) electrons. The first-order valence-corrected chi connectivity index (χ1v) is 8.14. The van der Waals surface area contributed by atoms with Crippen LogP contribution in [0.5, 0.6) is 0 Å². The van der Waals surface area contributed by atoms with Crippen LogP contribution in [0.2, 0.25) is 0 Å². The Hall–Kier alpha value is -1.75. The summed E-state index contributed by atoms with van der Waals surface area (Å²) in [6.07, 6.45) is 1.05. The maximum absolute atomic E-state index is 5.77. The van der Waals surface area contributed by atoms with Crippen LogP contribution in [0.15, 0.2) is 29.3 Å². The summed E-state index contributed by atoms with van der Waals surface area (Å²) in [5.74, 6) is 2.00. The average molecular weight is 302 g/mol. The lowest BCUT2D eigenvalue weighted by Gasteiger charge is -2.08. The number of anilines is 2. The molecule has 0 saturated heterocycles. The number of nitrogens with zero attached hydrogens (tertiary/aromatic N) is 2. The number of nitrogens with two attached hydrogens (primary N) is 1. The van der Waals surface area contributed by atoms with Gasteiger partial charge >= 0.3 is 0 Å². The molecular weight excluding hydrogens is 280 g/mol. The van der Waals surface area contributed by atoms with Crippen molar-refractivity contribution in [2.45, 2.75) is 38.0 Å². The molecule has 0 bridgehead atoms. The molecule has 0 aliphatic heterocycles. The predicted molar refractivity (Wildman–Crippen MR) is 90.7 cm³/mol. The lowest BCUT2D eigenvalue weighted by atomic mass is 10.1. The number of aromatic nitrogens is 2. The Morgan fingerprint density at radius 3 is 2.48 bits per heavy atom. The highest BCUT2D eigenvalue weighted by Crippen LogP contribution is 2.24. The third kappa shape index (κ3) is 4.93. The number of benzene rings is 1. The second kappa shape index (κ2) is 7.31. The molecule has 2 rings (SSSR count). The maximum Gasteiger partial charge on any atom is 0.223 e. The number of aryl methyl sites for hydroxylation is 2. The normalized spacial score (nSPS) is 10.6. The summed E-state index contributed by atoms with van der Waals surface area (Å²) in [7, 11) is 0. The molecule has 1 aromatic heterocycles. The second-order valence-corrected chi connectivity index (χ2v) is 6.16. The van der Waals surface area contributed by atoms with Crippen molar-refractivity contribution in [1.29, 1.82) is 0 Å². The van der Waals surface area contributed by atoms with Gasteiger partial charge in [0, 0.05) is 18.4 Å². The fraction of sp³-hybridized carbons (Fsp3) is 0.375. The van der Waals surface area contributed by atoms with Crippen LogP contribution in [0, 0.1) is 13.8 Å². The monoisotopic (exact) mass is 302 g/mol. The van der Waals surface area contributed by atoms with Gasteiger partial charge in [0.15, 0.2) is 0 Å². The maximum atomic E-state index is 5.77. The number of thioether (sulfide) groups is 1. The molecule has 0 atom stereocenters. The molecule has 0 fully saturated rings. The van der Waals surface area contributed by atoms with E-state index in [1.54, 1.807) is 11.8 Å². The summed E-state index contributed by atoms with van der Waals surface area (Å²) in [5, 5.41) is 4.15. The fourth-order valence-corrected chi connectivity index (χ4v) is 3.00. The number of rotatable bonds is 6. The summed E-state index contributed by atoms with van der Waals surface area (Å²) in [6, 6.07) is 8.56. The van der Waals surface area contributed by atoms with E-state index in [-0.39, 0.29) is 0 Å². The van der Waals surface area contributed by atoms with Crippen LogP contribution in [0.4, 0.5) is 11.8 Å². The van der Waals surface area contributed by atoms with E-state index >= 15 is 0 Å². The van der Waals surface area contributed by atoms with Crippen LogP contribution >= 0.6 is 11.8 Å². The first kappa shape index (κ1) is 15.6. The van der Waals surface area contributed by atoms with E-state index in [0.29, 0.717) is 5.95 Å². The van der Waals surface area contributed by atoms with Gasteiger partial charge in [-0.05, 0) is 25.8 Å². The van der Waals surface area contributed by atoms with Crippen molar-refractivity contribution in [2.24, 2.45) is 0 Å². The molecule has 21 heavy (non-hydrogen) atoms. The third-order valence-electron chi connectivity index (χ3n) is 2.94. The topological polar surface area (TPSA) is 63.8 Å². The Morgan fingerprint density at radius 2 is 1.81 bits per heavy atom. The van der Waals surface area contributed by atoms with Gasteiger partial charge in [-0.15, -0.1) is 11.8 Å². The Bertz CT molecular complexity index is 593. The van der Waals surface area contributed by atoms with Crippen LogP contribution in [0.25, 0.3) is 0 Å². The van der Waals surface area contributed by atoms with E-state index in [1.165, 1.54) is 16.7 Å². The molecule has 1 heterocycles. The van der Waals surface area contributed by atoms with Gasteiger partial charge in [0.05, 0.1) is 0 Å². The molecule has 0 saturated carbocycles. The fourth-order valence-electron chi connectivity index (χ4n) is 2.17. The lowest BCUT2D eigenvalue weighted by molar-refractivity contribution is 0.957. The molecule has 0 amide bonds. The number of hydrogen-bond acceptors (Lipinski definition) is 5. The number of nitrogen functional groups attached to an aromatic ring is 1. The minimum absolute atomic E-state index is 0.319. The summed E-state index contributed by atoms with van der Waals surface area (Å²) >= 11 is 1.68. The molecule has 112 valence electrons. The standard InChI is InChI=1S/C16H22N4S/c1-4-5-18-14-9-15(20-16(17)19-14)21-10-13-7-11(2)6-12(3)8-13/h6-9H,4-5,10H2,1-3H3,(H3,17,18,19,20). The van der Waals surface area contributed by atoms with Crippen molar-refractivity contribution in [3.63, 3.8) is 0 Å². The van der Waals surface area contributed by atoms with Gasteiger partial charge in [0.2, 0.25) is 5.95 Å². The van der Waals surface area contributed by atoms with Gasteiger partial charge < -0.3 is 11.1 Å². The molecule has 5 heteroatoms. The van der Waals surface area contributed by atoms with E-state index in [4.69, 9.17) is 5.73 Å². The predicted octanol–water partition coefficient (Wildman–Crippen LogP) is 3.79. The van der Waals surface area contributed by atoms with Crippen LogP contribution in [0.3, 0.4) is 0 Å². The second-order valence-electron chi connectivity index (χ2n) is 5.16. The smallest absolute Gasteiger partial charge is 0.223 e. The first-order valence-electron chi connectivity index (χ1n) is 7.15. The van der Waals surface area contributed by atoms with Gasteiger partial charge in [-0.3, -0.25) is 0 Å². The van der Waals surface area contributed by atoms with E-state index in [2.05, 4.69) is 54.3 Å². The first-order chi connectivity index (χ1) is 10.1. The Morgan fingerprint density at radius 1 is 1.10 bits per heavy atom. The van der Waals surface area contributed by atoms with Crippen molar-refractivity contribution in [1.82, 2.24) is 9.97 Å². The van der Waals surface area contributed by atoms with Crippen LogP contribution in [-0.2, 0) is 5.75 Å². The molecule has 0 spiro atoms. The van der Waals surface area contributed by atoms with Gasteiger partial charge in [-0.1, -0.05) is 36.2 Å². The lowest BCUT2D eigenvalue weighted by Crippen LogP contribution is -2.05. The summed E-state index contributed by atoms with van der Waals surface area (Å²) < 4.78 is 0. The molecular formula is C16H22N4S. The zero-order valence-corrected chi connectivity index (χ0v) is 13.6. The SMILES string of the molecule is CCCNc1cc(SCc2cc(C)cc(C)c2)nc(N)n1. The highest BCUT2D eigenvalue weighted by molar-refractivity contribution is 7.98. The molecule has 3 N–H and O–H groups in total. The summed E-state index contributed by atoms with van der Waals surface area (Å²) in [5.41, 5.74) is 9.66. The molecule has 0 aliphatic carbocycles. The zero-order chi connectivity index (χ0) is 15.2. The van der Waals surface area contributed by atoms with Gasteiger partial charge in [-0.25, -0.2) is 4.98 Å². The van der Waals surface area contributed by atoms with Gasteiger partial charge in [-0.2, -0.15) is 4.98 Å². The number of nitrogens with one attached hydrogen (secondary N) is 1. The van der Waals surface area contributed by atoms with E-state index in [9.17, 15) is 0 Å². The van der Waals surface area contributed by atoms with E-state index in [1.807, 2.05) is 6.07 Å². The van der Waals surface area contributed by atoms with Crippen molar-refractivity contribution in [2.75, 3.05) is 17.6 Å². The van der Waals surface area contributed by atoms with Crippen molar-refractivity contribution < 1.29 is 0 Å². The van der Waals surface area contributed by atoms with Gasteiger partial charge in [0.1, 0.15) is 10.8 Å². The van der Waals surface area contributed by atoms with Crippen LogP contribution in [-0.4, -0.2) is 16.5 Å². The molecule has 4 nitrogen and oxygen atoms in total. The zero-order valence-electron chi connectivity index (χ0n) is 12.8. The summed E-state index contributed by atoms with van der Waals surface area (Å²) in [4.78, 5) is 8.49. The Kier molecular flexibility index (Phi) is 5.44. The third-order valence-corrected chi connectivity index (χ3v) is 3.93. The quantitative estimate of drug-likeness (QED) is 0.628. The van der Waals surface area contributed by atoms with Gasteiger partial charge in [0.25, 0.3) is 0 Å². The average Bonchev–Trinajstić information content (AvgIpc) is 2.41. The minimum Gasteiger partial charge on any atom is -0.370 e. The molecule has 2 aromatic rings. The Balaban J connectivity index is 2.06. The van der Waals surface area contributed by atoms with E-state index in [0.717, 1.165) is 29.6 Å². The minimum atomic E-state index is 0.319. The molecule has 1 aromatic carbocycles. The van der Waals surface area contributed by atoms with Crippen LogP contribution < -0.4 is 11.1 Å². The molecule has 0 unspecified atom stereocenters. The summed E-state index contributed by atoms with van der Waals surface area (Å²) in [6.45, 7) is 7.25. The highest BCUT2D eigenvalue weighted by atomic mass is 32.2. The highest BCUT2D eigenvalue weighted by Gasteiger charge is 2.04. The van der Waals surface area contributed by atoms with E-state index < -0.39 is 0 Å². The van der Waals surface area contributed by atoms with Crippen molar-refractivity contribution >= 4 is 23.5 Å². The molecule has 0 aliphatic rings. The largest absolute Gasteiger partial charge is 0.370 e. The van der Waals surface area contributed by atoms with Crippen LogP contribution in [0.1, 0.15) is 30.0 Å². The number of hydrogen-bond donors (Lipinski definition) is 2. The van der Waals surface area contributed by atoms with Crippen molar-refractivity contribution in [3.8, 4) is 0 Å². The Labute approximate surface area is 130 Å².